The number of nitrogens with one attached hydrogen (secondary N) is 2. The summed E-state index contributed by atoms with van der Waals surface area (Å²) in [6, 6.07) is 15.6. The van der Waals surface area contributed by atoms with Crippen molar-refractivity contribution in [2.24, 2.45) is 17.8 Å². The number of anilines is 2. The minimum atomic E-state index is -0.185. The monoisotopic (exact) mass is 417 g/mol. The Labute approximate surface area is 186 Å². The zero-order valence-electron chi connectivity index (χ0n) is 18.4. The Hall–Kier alpha value is -2.59. The molecule has 0 saturated heterocycles. The highest BCUT2D eigenvalue weighted by atomic mass is 16.1. The van der Waals surface area contributed by atoms with Gasteiger partial charge < -0.3 is 16.4 Å². The third kappa shape index (κ3) is 6.44. The van der Waals surface area contributed by atoms with Crippen molar-refractivity contribution >= 4 is 23.4 Å². The van der Waals surface area contributed by atoms with E-state index in [1.165, 1.54) is 50.5 Å². The number of hydrogen-bond acceptors (Lipinski definition) is 3. The number of hydrogen-bond donors (Lipinski definition) is 3. The Morgan fingerprint density at radius 3 is 2.48 bits per heavy atom. The van der Waals surface area contributed by atoms with Gasteiger partial charge in [0.15, 0.2) is 0 Å². The van der Waals surface area contributed by atoms with Crippen LogP contribution in [-0.4, -0.2) is 12.5 Å². The first-order valence-electron chi connectivity index (χ1n) is 11.8. The van der Waals surface area contributed by atoms with Crippen molar-refractivity contribution in [1.82, 2.24) is 5.32 Å². The topological polar surface area (TPSA) is 67.1 Å². The first-order valence-corrected chi connectivity index (χ1v) is 11.8. The summed E-state index contributed by atoms with van der Waals surface area (Å²) in [5.74, 6) is 2.78. The van der Waals surface area contributed by atoms with Crippen molar-refractivity contribution < 1.29 is 4.79 Å². The second-order valence-electron chi connectivity index (χ2n) is 9.35. The van der Waals surface area contributed by atoms with E-state index >= 15 is 0 Å². The summed E-state index contributed by atoms with van der Waals surface area (Å²) in [6.45, 7) is 2.01. The summed E-state index contributed by atoms with van der Waals surface area (Å²) in [5, 5.41) is 6.43. The van der Waals surface area contributed by atoms with Gasteiger partial charge in [-0.3, -0.25) is 4.79 Å². The number of carbonyl (C=O) groups excluding carboxylic acids is 1. The average Bonchev–Trinajstić information content (AvgIpc) is 2.77. The number of fused-ring (bicyclic) bond motifs is 2. The van der Waals surface area contributed by atoms with Crippen molar-refractivity contribution in [3.05, 3.63) is 65.7 Å². The summed E-state index contributed by atoms with van der Waals surface area (Å²) in [4.78, 5) is 12.1. The van der Waals surface area contributed by atoms with E-state index in [4.69, 9.17) is 5.73 Å². The SMILES string of the molecule is Nc1ccccc1NC(=O)/C=C/c1ccc(CNCCC2CC3CCCC(C3)C2)cc1. The van der Waals surface area contributed by atoms with Crippen LogP contribution in [0.4, 0.5) is 11.4 Å². The van der Waals surface area contributed by atoms with Crippen molar-refractivity contribution in [1.29, 1.82) is 0 Å². The quantitative estimate of drug-likeness (QED) is 0.297. The highest BCUT2D eigenvalue weighted by Gasteiger charge is 2.31. The van der Waals surface area contributed by atoms with Gasteiger partial charge in [0.1, 0.15) is 0 Å². The molecule has 31 heavy (non-hydrogen) atoms. The zero-order chi connectivity index (χ0) is 21.5. The molecular weight excluding hydrogens is 382 g/mol. The number of rotatable bonds is 8. The summed E-state index contributed by atoms with van der Waals surface area (Å²) >= 11 is 0. The molecular formula is C27H35N3O. The molecule has 4 rings (SSSR count). The van der Waals surface area contributed by atoms with Gasteiger partial charge in [0.05, 0.1) is 11.4 Å². The van der Waals surface area contributed by atoms with E-state index in [9.17, 15) is 4.79 Å². The second-order valence-corrected chi connectivity index (χ2v) is 9.35. The Kier molecular flexibility index (Phi) is 7.42. The molecule has 0 aliphatic heterocycles. The van der Waals surface area contributed by atoms with Crippen LogP contribution in [0.1, 0.15) is 56.1 Å². The van der Waals surface area contributed by atoms with Crippen LogP contribution in [0.15, 0.2) is 54.6 Å². The first kappa shape index (κ1) is 21.6. The van der Waals surface area contributed by atoms with Crippen LogP contribution in [0.3, 0.4) is 0 Å². The Morgan fingerprint density at radius 2 is 1.74 bits per heavy atom. The van der Waals surface area contributed by atoms with Gasteiger partial charge in [-0.1, -0.05) is 55.7 Å². The maximum Gasteiger partial charge on any atom is 0.248 e. The predicted molar refractivity (Wildman–Crippen MR) is 129 cm³/mol. The van der Waals surface area contributed by atoms with E-state index in [0.29, 0.717) is 11.4 Å². The highest BCUT2D eigenvalue weighted by Crippen LogP contribution is 2.43. The van der Waals surface area contributed by atoms with Crippen molar-refractivity contribution in [2.75, 3.05) is 17.6 Å². The van der Waals surface area contributed by atoms with E-state index in [-0.39, 0.29) is 5.91 Å². The summed E-state index contributed by atoms with van der Waals surface area (Å²) in [5.41, 5.74) is 9.34. The van der Waals surface area contributed by atoms with Gasteiger partial charge in [0.2, 0.25) is 5.91 Å². The molecule has 2 bridgehead atoms. The molecule has 4 N–H and O–H groups in total. The van der Waals surface area contributed by atoms with Crippen LogP contribution in [-0.2, 0) is 11.3 Å². The molecule has 2 unspecified atom stereocenters. The Bertz CT molecular complexity index is 878. The van der Waals surface area contributed by atoms with Gasteiger partial charge in [-0.25, -0.2) is 0 Å². The van der Waals surface area contributed by atoms with E-state index in [1.54, 1.807) is 18.2 Å². The first-order chi connectivity index (χ1) is 15.2. The average molecular weight is 418 g/mol. The normalized spacial score (nSPS) is 23.0. The standard InChI is InChI=1S/C27H35N3O/c28-25-6-1-2-7-26(25)30-27(31)13-12-20-8-10-21(11-9-20)19-29-15-14-24-17-22-4-3-5-23(16-22)18-24/h1-2,6-13,22-24,29H,3-5,14-19,28H2,(H,30,31)/b13-12+. The number of nitrogens with two attached hydrogens (primary N) is 1. The van der Waals surface area contributed by atoms with Crippen LogP contribution in [0.25, 0.3) is 6.08 Å². The summed E-state index contributed by atoms with van der Waals surface area (Å²) in [7, 11) is 0. The predicted octanol–water partition coefficient (Wildman–Crippen LogP) is 5.62. The summed E-state index contributed by atoms with van der Waals surface area (Å²) in [6.07, 6.45) is 13.5. The lowest BCUT2D eigenvalue weighted by Crippen LogP contribution is -2.28. The molecule has 2 atom stereocenters. The van der Waals surface area contributed by atoms with E-state index in [1.807, 2.05) is 18.2 Å². The molecule has 2 aromatic carbocycles. The van der Waals surface area contributed by atoms with Gasteiger partial charge in [-0.15, -0.1) is 0 Å². The van der Waals surface area contributed by atoms with Crippen LogP contribution >= 0.6 is 0 Å². The lowest BCUT2D eigenvalue weighted by atomic mass is 9.67. The molecule has 0 aromatic heterocycles. The maximum absolute atomic E-state index is 12.1. The van der Waals surface area contributed by atoms with Crippen LogP contribution in [0.2, 0.25) is 0 Å². The van der Waals surface area contributed by atoms with Gasteiger partial charge in [0.25, 0.3) is 0 Å². The summed E-state index contributed by atoms with van der Waals surface area (Å²) < 4.78 is 0. The minimum absolute atomic E-state index is 0.185. The third-order valence-corrected chi connectivity index (χ3v) is 6.91. The van der Waals surface area contributed by atoms with Gasteiger partial charge in [0, 0.05) is 12.6 Å². The minimum Gasteiger partial charge on any atom is -0.397 e. The molecule has 4 heteroatoms. The fraction of sp³-hybridized carbons (Fsp3) is 0.444. The molecule has 2 saturated carbocycles. The van der Waals surface area contributed by atoms with E-state index < -0.39 is 0 Å². The number of amides is 1. The smallest absolute Gasteiger partial charge is 0.248 e. The Balaban J connectivity index is 1.17. The van der Waals surface area contributed by atoms with Crippen LogP contribution in [0.5, 0.6) is 0 Å². The molecule has 4 nitrogen and oxygen atoms in total. The van der Waals surface area contributed by atoms with E-state index in [0.717, 1.165) is 36.4 Å². The van der Waals surface area contributed by atoms with Crippen LogP contribution < -0.4 is 16.4 Å². The largest absolute Gasteiger partial charge is 0.397 e. The molecule has 164 valence electrons. The number of nitrogen functional groups attached to an aromatic ring is 1. The lowest BCUT2D eigenvalue weighted by molar-refractivity contribution is -0.111. The van der Waals surface area contributed by atoms with Crippen molar-refractivity contribution in [3.8, 4) is 0 Å². The molecule has 0 spiro atoms. The number of para-hydroxylation sites is 2. The van der Waals surface area contributed by atoms with Gasteiger partial charge in [-0.2, -0.15) is 0 Å². The van der Waals surface area contributed by atoms with Crippen molar-refractivity contribution in [2.45, 2.75) is 51.5 Å². The number of carbonyl (C=O) groups is 1. The highest BCUT2D eigenvalue weighted by molar-refractivity contribution is 6.03. The van der Waals surface area contributed by atoms with E-state index in [2.05, 4.69) is 34.9 Å². The van der Waals surface area contributed by atoms with Crippen LogP contribution in [0, 0.1) is 17.8 Å². The molecule has 2 aromatic rings. The number of benzene rings is 2. The molecule has 0 radical (unpaired) electrons. The second kappa shape index (κ2) is 10.6. The lowest BCUT2D eigenvalue weighted by Gasteiger charge is -2.39. The molecule has 1 amide bonds. The fourth-order valence-electron chi connectivity index (χ4n) is 5.35. The maximum atomic E-state index is 12.1. The van der Waals surface area contributed by atoms with Gasteiger partial charge in [-0.05, 0) is 79.3 Å². The molecule has 2 aliphatic carbocycles. The fourth-order valence-corrected chi connectivity index (χ4v) is 5.35. The molecule has 2 fully saturated rings. The third-order valence-electron chi connectivity index (χ3n) is 6.91. The zero-order valence-corrected chi connectivity index (χ0v) is 18.4. The van der Waals surface area contributed by atoms with Crippen molar-refractivity contribution in [3.63, 3.8) is 0 Å². The molecule has 0 heterocycles. The van der Waals surface area contributed by atoms with Gasteiger partial charge >= 0.3 is 0 Å². The Morgan fingerprint density at radius 1 is 1.00 bits per heavy atom. The molecule has 2 aliphatic rings.